The van der Waals surface area contributed by atoms with E-state index in [-0.39, 0.29) is 24.0 Å². The van der Waals surface area contributed by atoms with Crippen LogP contribution >= 0.6 is 24.0 Å². The summed E-state index contributed by atoms with van der Waals surface area (Å²) < 4.78 is 5.81. The number of hydrogen-bond acceptors (Lipinski definition) is 3. The maximum absolute atomic E-state index is 5.81. The summed E-state index contributed by atoms with van der Waals surface area (Å²) >= 11 is 0. The van der Waals surface area contributed by atoms with Crippen molar-refractivity contribution in [2.45, 2.75) is 6.54 Å². The van der Waals surface area contributed by atoms with Gasteiger partial charge in [-0.3, -0.25) is 4.99 Å². The molecule has 1 aromatic rings. The smallest absolute Gasteiger partial charge is 0.190 e. The fourth-order valence-electron chi connectivity index (χ4n) is 1.59. The quantitative estimate of drug-likeness (QED) is 0.438. The van der Waals surface area contributed by atoms with Crippen LogP contribution < -0.4 is 15.4 Å². The second kappa shape index (κ2) is 10.7. The highest BCUT2D eigenvalue weighted by atomic mass is 127. The van der Waals surface area contributed by atoms with Crippen molar-refractivity contribution < 1.29 is 4.74 Å². The first-order valence-corrected chi connectivity index (χ1v) is 6.41. The van der Waals surface area contributed by atoms with Crippen molar-refractivity contribution in [3.05, 3.63) is 29.8 Å². The molecule has 0 heterocycles. The Kier molecular flexibility index (Phi) is 10.2. The minimum atomic E-state index is 0. The summed E-state index contributed by atoms with van der Waals surface area (Å²) in [6, 6.07) is 8.05. The Morgan fingerprint density at radius 3 is 2.60 bits per heavy atom. The van der Waals surface area contributed by atoms with Gasteiger partial charge in [0, 0.05) is 32.7 Å². The van der Waals surface area contributed by atoms with Gasteiger partial charge in [0.2, 0.25) is 0 Å². The standard InChI is InChI=1S/C14H24N4O.HI/c1-15-14(16-2)17-11-12-7-5-6-8-13(12)19-10-9-18(3)4;/h5-8H,9-11H2,1-4H3,(H2,15,16,17);1H. The van der Waals surface area contributed by atoms with Gasteiger partial charge in [-0.2, -0.15) is 0 Å². The topological polar surface area (TPSA) is 48.9 Å². The van der Waals surface area contributed by atoms with Crippen LogP contribution in [-0.2, 0) is 6.54 Å². The minimum Gasteiger partial charge on any atom is -0.492 e. The first kappa shape index (κ1) is 19.0. The molecular formula is C14H25IN4O. The number of benzene rings is 1. The number of nitrogens with one attached hydrogen (secondary N) is 2. The molecule has 0 radical (unpaired) electrons. The van der Waals surface area contributed by atoms with E-state index in [1.807, 2.05) is 39.3 Å². The van der Waals surface area contributed by atoms with Crippen LogP contribution in [0.2, 0.25) is 0 Å². The molecule has 0 fully saturated rings. The van der Waals surface area contributed by atoms with Crippen molar-refractivity contribution in [1.29, 1.82) is 0 Å². The maximum atomic E-state index is 5.81. The molecule has 2 N–H and O–H groups in total. The van der Waals surface area contributed by atoms with Gasteiger partial charge in [0.1, 0.15) is 12.4 Å². The predicted molar refractivity (Wildman–Crippen MR) is 95.2 cm³/mol. The number of halogens is 1. The van der Waals surface area contributed by atoms with Gasteiger partial charge >= 0.3 is 0 Å². The van der Waals surface area contributed by atoms with E-state index >= 15 is 0 Å². The van der Waals surface area contributed by atoms with Gasteiger partial charge in [0.15, 0.2) is 5.96 Å². The van der Waals surface area contributed by atoms with Crippen LogP contribution in [0.4, 0.5) is 0 Å². The molecule has 1 aromatic carbocycles. The van der Waals surface area contributed by atoms with E-state index < -0.39 is 0 Å². The molecular weight excluding hydrogens is 367 g/mol. The first-order valence-electron chi connectivity index (χ1n) is 6.41. The molecule has 0 aliphatic rings. The number of rotatable bonds is 6. The zero-order valence-corrected chi connectivity index (χ0v) is 15.0. The Bertz CT molecular complexity index is 410. The molecule has 0 unspecified atom stereocenters. The lowest BCUT2D eigenvalue weighted by molar-refractivity contribution is 0.259. The molecule has 0 aliphatic heterocycles. The highest BCUT2D eigenvalue weighted by Gasteiger charge is 2.04. The molecule has 0 amide bonds. The van der Waals surface area contributed by atoms with Gasteiger partial charge < -0.3 is 20.3 Å². The largest absolute Gasteiger partial charge is 0.492 e. The lowest BCUT2D eigenvalue weighted by atomic mass is 10.2. The molecule has 0 atom stereocenters. The SMILES string of the molecule is CN=C(NC)NCc1ccccc1OCCN(C)C.I. The normalized spacial score (nSPS) is 10.9. The van der Waals surface area contributed by atoms with Crippen LogP contribution in [0, 0.1) is 0 Å². The fraction of sp³-hybridized carbons (Fsp3) is 0.500. The predicted octanol–water partition coefficient (Wildman–Crippen LogP) is 1.54. The van der Waals surface area contributed by atoms with Gasteiger partial charge in [0.05, 0.1) is 0 Å². The van der Waals surface area contributed by atoms with Crippen LogP contribution in [0.3, 0.4) is 0 Å². The van der Waals surface area contributed by atoms with Gasteiger partial charge in [-0.25, -0.2) is 0 Å². The molecule has 1 rings (SSSR count). The number of hydrogen-bond donors (Lipinski definition) is 2. The molecule has 114 valence electrons. The maximum Gasteiger partial charge on any atom is 0.190 e. The first-order chi connectivity index (χ1) is 9.17. The van der Waals surface area contributed by atoms with Crippen molar-refractivity contribution in [3.8, 4) is 5.75 Å². The monoisotopic (exact) mass is 392 g/mol. The fourth-order valence-corrected chi connectivity index (χ4v) is 1.59. The average molecular weight is 392 g/mol. The third-order valence-electron chi connectivity index (χ3n) is 2.68. The van der Waals surface area contributed by atoms with E-state index in [2.05, 4.69) is 26.6 Å². The van der Waals surface area contributed by atoms with Crippen molar-refractivity contribution in [2.24, 2.45) is 4.99 Å². The van der Waals surface area contributed by atoms with Crippen molar-refractivity contribution in [3.63, 3.8) is 0 Å². The van der Waals surface area contributed by atoms with Crippen molar-refractivity contribution in [2.75, 3.05) is 41.3 Å². The van der Waals surface area contributed by atoms with Crippen LogP contribution in [0.1, 0.15) is 5.56 Å². The van der Waals surface area contributed by atoms with Crippen molar-refractivity contribution >= 4 is 29.9 Å². The van der Waals surface area contributed by atoms with E-state index in [9.17, 15) is 0 Å². The number of likely N-dealkylation sites (N-methyl/N-ethyl adjacent to an activating group) is 1. The Balaban J connectivity index is 0.00000361. The zero-order valence-electron chi connectivity index (χ0n) is 12.6. The molecule has 20 heavy (non-hydrogen) atoms. The number of ether oxygens (including phenoxy) is 1. The molecule has 0 saturated carbocycles. The van der Waals surface area contributed by atoms with Crippen LogP contribution in [0.15, 0.2) is 29.3 Å². The Morgan fingerprint density at radius 1 is 1.30 bits per heavy atom. The summed E-state index contributed by atoms with van der Waals surface area (Å²) in [5.41, 5.74) is 1.12. The van der Waals surface area contributed by atoms with Crippen molar-refractivity contribution in [1.82, 2.24) is 15.5 Å². The summed E-state index contributed by atoms with van der Waals surface area (Å²) in [7, 11) is 7.66. The number of guanidine groups is 1. The summed E-state index contributed by atoms with van der Waals surface area (Å²) in [6.07, 6.45) is 0. The molecule has 0 aromatic heterocycles. The summed E-state index contributed by atoms with van der Waals surface area (Å²) in [5.74, 6) is 1.69. The number of nitrogens with zero attached hydrogens (tertiary/aromatic N) is 2. The molecule has 0 spiro atoms. The van der Waals surface area contributed by atoms with Crippen LogP contribution in [-0.4, -0.2) is 52.2 Å². The average Bonchev–Trinajstić information content (AvgIpc) is 2.41. The van der Waals surface area contributed by atoms with E-state index in [1.165, 1.54) is 0 Å². The molecule has 5 nitrogen and oxygen atoms in total. The van der Waals surface area contributed by atoms with E-state index in [4.69, 9.17) is 4.74 Å². The zero-order chi connectivity index (χ0) is 14.1. The van der Waals surface area contributed by atoms with E-state index in [1.54, 1.807) is 7.05 Å². The highest BCUT2D eigenvalue weighted by molar-refractivity contribution is 14.0. The number of aliphatic imine (C=N–C) groups is 1. The second-order valence-electron chi connectivity index (χ2n) is 4.44. The Labute approximate surface area is 138 Å². The summed E-state index contributed by atoms with van der Waals surface area (Å²) in [5, 5.41) is 6.21. The molecule has 0 aliphatic carbocycles. The second-order valence-corrected chi connectivity index (χ2v) is 4.44. The van der Waals surface area contributed by atoms with Gasteiger partial charge in [-0.15, -0.1) is 24.0 Å². The third kappa shape index (κ3) is 6.95. The molecule has 0 bridgehead atoms. The Morgan fingerprint density at radius 2 is 2.00 bits per heavy atom. The molecule has 0 saturated heterocycles. The Hall–Kier alpha value is -1.02. The molecule has 6 heteroatoms. The number of para-hydroxylation sites is 1. The third-order valence-corrected chi connectivity index (χ3v) is 2.68. The van der Waals surface area contributed by atoms with Crippen LogP contribution in [0.25, 0.3) is 0 Å². The van der Waals surface area contributed by atoms with Gasteiger partial charge in [-0.1, -0.05) is 18.2 Å². The lowest BCUT2D eigenvalue weighted by Crippen LogP contribution is -2.34. The van der Waals surface area contributed by atoms with Crippen LogP contribution in [0.5, 0.6) is 5.75 Å². The minimum absolute atomic E-state index is 0. The van der Waals surface area contributed by atoms with E-state index in [0.29, 0.717) is 13.2 Å². The lowest BCUT2D eigenvalue weighted by Gasteiger charge is -2.15. The summed E-state index contributed by atoms with van der Waals surface area (Å²) in [6.45, 7) is 2.27. The summed E-state index contributed by atoms with van der Waals surface area (Å²) in [4.78, 5) is 6.18. The van der Waals surface area contributed by atoms with Gasteiger partial charge in [-0.05, 0) is 20.2 Å². The van der Waals surface area contributed by atoms with E-state index in [0.717, 1.165) is 23.8 Å². The van der Waals surface area contributed by atoms with Gasteiger partial charge in [0.25, 0.3) is 0 Å². The highest BCUT2D eigenvalue weighted by Crippen LogP contribution is 2.17.